The second-order valence-corrected chi connectivity index (χ2v) is 14.2. The molecule has 106 valence electrons. The first-order chi connectivity index (χ1) is 8.05. The Morgan fingerprint density at radius 1 is 0.889 bits per heavy atom. The molecular weight excluding hydrogens is 326 g/mol. The van der Waals surface area contributed by atoms with Crippen LogP contribution in [-0.4, -0.2) is 41.2 Å². The van der Waals surface area contributed by atoms with Gasteiger partial charge in [0, 0.05) is 4.48 Å². The average molecular weight is 352 g/mol. The highest BCUT2D eigenvalue weighted by Crippen LogP contribution is 2.60. The third-order valence-corrected chi connectivity index (χ3v) is 7.71. The van der Waals surface area contributed by atoms with Gasteiger partial charge in [0.05, 0.1) is 5.70 Å². The number of allylic oxidation sites excluding steroid dienone is 5. The third kappa shape index (κ3) is 5.29. The molecule has 0 atom stereocenters. The summed E-state index contributed by atoms with van der Waals surface area (Å²) in [7, 11) is -1.72. The molecule has 0 spiro atoms. The van der Waals surface area contributed by atoms with E-state index in [9.17, 15) is 0 Å². The summed E-state index contributed by atoms with van der Waals surface area (Å²) in [6, 6.07) is 0. The molecule has 0 bridgehead atoms. The van der Waals surface area contributed by atoms with Gasteiger partial charge in [-0.2, -0.15) is 20.4 Å². The normalized spacial score (nSPS) is 16.2. The lowest BCUT2D eigenvalue weighted by Gasteiger charge is -2.53. The van der Waals surface area contributed by atoms with E-state index in [1.54, 1.807) is 6.08 Å². The summed E-state index contributed by atoms with van der Waals surface area (Å²) in [4.78, 5) is 0. The Kier molecular flexibility index (Phi) is 6.90. The van der Waals surface area contributed by atoms with E-state index in [0.717, 1.165) is 4.48 Å². The molecule has 0 aliphatic heterocycles. The molecule has 18 heavy (non-hydrogen) atoms. The Hall–Kier alpha value is -0.0600. The summed E-state index contributed by atoms with van der Waals surface area (Å²) in [5.74, 6) is 0. The fourth-order valence-electron chi connectivity index (χ4n) is 1.79. The average Bonchev–Trinajstić information content (AvgIpc) is 2.13. The van der Waals surface area contributed by atoms with Crippen LogP contribution in [0.15, 0.2) is 47.6 Å². The van der Waals surface area contributed by atoms with E-state index in [4.69, 9.17) is 0 Å². The molecule has 0 N–H and O–H groups in total. The number of hydrogen-bond acceptors (Lipinski definition) is 1. The molecule has 0 aromatic rings. The van der Waals surface area contributed by atoms with Crippen LogP contribution in [0.3, 0.4) is 0 Å². The van der Waals surface area contributed by atoms with Crippen molar-refractivity contribution in [1.29, 1.82) is 0 Å². The minimum Gasteiger partial charge on any atom is -0.297 e. The van der Waals surface area contributed by atoms with Crippen LogP contribution in [0.5, 0.6) is 0 Å². The van der Waals surface area contributed by atoms with Gasteiger partial charge < -0.3 is 0 Å². The number of nitrogens with zero attached hydrogens (tertiary/aromatic N) is 1. The standard InChI is InChI=1S/C14H26BrNS2/c1-9-11-13(15)14(12-10-2)16(17(3,4)5)18(6,7)8/h9-12H,1-2H2,3-8H3/b13-11+,14-12+. The van der Waals surface area contributed by atoms with Crippen LogP contribution in [0.1, 0.15) is 0 Å². The van der Waals surface area contributed by atoms with Crippen LogP contribution < -0.4 is 0 Å². The van der Waals surface area contributed by atoms with Gasteiger partial charge in [-0.15, -0.1) is 0 Å². The van der Waals surface area contributed by atoms with Crippen molar-refractivity contribution in [2.24, 2.45) is 0 Å². The van der Waals surface area contributed by atoms with Gasteiger partial charge in [0.15, 0.2) is 0 Å². The zero-order valence-corrected chi connectivity index (χ0v) is 15.6. The van der Waals surface area contributed by atoms with Crippen LogP contribution >= 0.6 is 36.4 Å². The summed E-state index contributed by atoms with van der Waals surface area (Å²) in [5.41, 5.74) is 1.19. The first-order valence-corrected chi connectivity index (χ1v) is 12.0. The van der Waals surface area contributed by atoms with E-state index in [2.05, 4.69) is 76.4 Å². The van der Waals surface area contributed by atoms with Gasteiger partial charge in [0.2, 0.25) is 0 Å². The maximum Gasteiger partial charge on any atom is 0.0699 e. The van der Waals surface area contributed by atoms with Crippen molar-refractivity contribution in [3.05, 3.63) is 47.6 Å². The minimum absolute atomic E-state index is 0.858. The predicted molar refractivity (Wildman–Crippen MR) is 98.1 cm³/mol. The molecule has 0 unspecified atom stereocenters. The lowest BCUT2D eigenvalue weighted by Crippen LogP contribution is -2.28. The van der Waals surface area contributed by atoms with Crippen LogP contribution in [0.2, 0.25) is 0 Å². The topological polar surface area (TPSA) is 3.24 Å². The molecule has 0 aromatic carbocycles. The number of halogens is 1. The van der Waals surface area contributed by atoms with Gasteiger partial charge >= 0.3 is 0 Å². The van der Waals surface area contributed by atoms with Crippen LogP contribution in [0.4, 0.5) is 0 Å². The smallest absolute Gasteiger partial charge is 0.0699 e. The van der Waals surface area contributed by atoms with Crippen molar-refractivity contribution in [3.8, 4) is 0 Å². The monoisotopic (exact) mass is 351 g/mol. The Morgan fingerprint density at radius 3 is 1.56 bits per heavy atom. The van der Waals surface area contributed by atoms with Gasteiger partial charge in [-0.3, -0.25) is 3.71 Å². The molecular formula is C14H26BrNS2. The zero-order chi connectivity index (χ0) is 14.6. The van der Waals surface area contributed by atoms with Crippen molar-refractivity contribution in [1.82, 2.24) is 3.71 Å². The van der Waals surface area contributed by atoms with Crippen LogP contribution in [0.25, 0.3) is 0 Å². The molecule has 0 fully saturated rings. The fourth-order valence-corrected chi connectivity index (χ4v) is 9.39. The largest absolute Gasteiger partial charge is 0.297 e. The van der Waals surface area contributed by atoms with Gasteiger partial charge in [-0.25, -0.2) is 0 Å². The predicted octanol–water partition coefficient (Wildman–Crippen LogP) is 5.04. The van der Waals surface area contributed by atoms with Gasteiger partial charge in [0.1, 0.15) is 0 Å². The Bertz CT molecular complexity index is 356. The highest BCUT2D eigenvalue weighted by Gasteiger charge is 2.28. The van der Waals surface area contributed by atoms with E-state index in [1.807, 2.05) is 12.2 Å². The van der Waals surface area contributed by atoms with E-state index in [-0.39, 0.29) is 0 Å². The molecule has 0 radical (unpaired) electrons. The SMILES string of the molecule is C=C/C=C(Br)\C(=C/C=C)N(S(C)(C)C)S(C)(C)C. The summed E-state index contributed by atoms with van der Waals surface area (Å²) < 4.78 is 3.61. The quantitative estimate of drug-likeness (QED) is 0.605. The number of hydrogen-bond donors (Lipinski definition) is 0. The molecule has 0 rings (SSSR count). The highest BCUT2D eigenvalue weighted by atomic mass is 79.9. The summed E-state index contributed by atoms with van der Waals surface area (Å²) in [6.07, 6.45) is 21.6. The lowest BCUT2D eigenvalue weighted by molar-refractivity contribution is 0.921. The van der Waals surface area contributed by atoms with Gasteiger partial charge in [-0.05, 0) is 65.6 Å². The maximum absolute atomic E-state index is 3.83. The molecule has 0 aromatic heterocycles. The molecule has 0 aliphatic carbocycles. The van der Waals surface area contributed by atoms with Crippen molar-refractivity contribution in [2.75, 3.05) is 37.5 Å². The summed E-state index contributed by atoms with van der Waals surface area (Å²) in [5, 5.41) is 0. The summed E-state index contributed by atoms with van der Waals surface area (Å²) >= 11 is 3.65. The Labute approximate surface area is 125 Å². The molecule has 0 amide bonds. The van der Waals surface area contributed by atoms with Crippen molar-refractivity contribution in [2.45, 2.75) is 0 Å². The Balaban J connectivity index is 5.84. The summed E-state index contributed by atoms with van der Waals surface area (Å²) in [6.45, 7) is 7.59. The minimum atomic E-state index is -0.858. The first-order valence-electron chi connectivity index (χ1n) is 5.54. The molecule has 0 aliphatic rings. The highest BCUT2D eigenvalue weighted by molar-refractivity contribution is 9.12. The van der Waals surface area contributed by atoms with E-state index >= 15 is 0 Å². The van der Waals surface area contributed by atoms with Crippen molar-refractivity contribution >= 4 is 36.4 Å². The molecule has 0 heterocycles. The first kappa shape index (κ1) is 17.9. The maximum atomic E-state index is 3.83. The number of rotatable bonds is 6. The zero-order valence-electron chi connectivity index (χ0n) is 12.4. The van der Waals surface area contributed by atoms with Crippen molar-refractivity contribution in [3.63, 3.8) is 0 Å². The second kappa shape index (κ2) is 6.92. The van der Waals surface area contributed by atoms with E-state index in [0.29, 0.717) is 0 Å². The lowest BCUT2D eigenvalue weighted by atomic mass is 10.3. The van der Waals surface area contributed by atoms with Crippen LogP contribution in [-0.2, 0) is 0 Å². The molecule has 4 heteroatoms. The second-order valence-electron chi connectivity index (χ2n) is 5.34. The van der Waals surface area contributed by atoms with E-state index in [1.165, 1.54) is 5.70 Å². The fraction of sp³-hybridized carbons (Fsp3) is 0.429. The Morgan fingerprint density at radius 2 is 1.28 bits per heavy atom. The molecule has 1 nitrogen and oxygen atoms in total. The van der Waals surface area contributed by atoms with Gasteiger partial charge in [0.25, 0.3) is 0 Å². The van der Waals surface area contributed by atoms with Gasteiger partial charge in [-0.1, -0.05) is 25.3 Å². The molecule has 0 saturated heterocycles. The van der Waals surface area contributed by atoms with Crippen molar-refractivity contribution < 1.29 is 0 Å². The molecule has 0 saturated carbocycles. The van der Waals surface area contributed by atoms with E-state index < -0.39 is 20.4 Å². The third-order valence-electron chi connectivity index (χ3n) is 1.98. The van der Waals surface area contributed by atoms with Crippen LogP contribution in [0, 0.1) is 0 Å².